The molecule has 4 heteroatoms. The van der Waals surface area contributed by atoms with E-state index >= 15 is 0 Å². The van der Waals surface area contributed by atoms with Crippen molar-refractivity contribution in [2.75, 3.05) is 13.2 Å². The van der Waals surface area contributed by atoms with Gasteiger partial charge in [0.05, 0.1) is 24.3 Å². The Labute approximate surface area is 409 Å². The van der Waals surface area contributed by atoms with Crippen molar-refractivity contribution < 1.29 is 19.1 Å². The number of aldehydes is 2. The standard InChI is InChI=1S/C62H106O4/c1-61(2,3)57-45-47-59(55(51-57)53-63)65-49-43-41-39-37-35-33-31-29-27-25-23-21-19-17-15-13-11-9-7-8-10-12-14-16-18-20-22-24-26-28-30-32-34-36-38-40-42-44-50-66-60-48-46-58(62(4,5)6)52-56(60)54-64/h45-48,51-54H,7-44,49-50H2,1-6H3. The molecule has 0 heterocycles. The Kier molecular flexibility index (Phi) is 35.4. The van der Waals surface area contributed by atoms with E-state index in [1.54, 1.807) is 0 Å². The highest BCUT2D eigenvalue weighted by Crippen LogP contribution is 2.29. The number of carbonyl (C=O) groups is 2. The highest BCUT2D eigenvalue weighted by atomic mass is 16.5. The van der Waals surface area contributed by atoms with Crippen molar-refractivity contribution in [1.29, 1.82) is 0 Å². The zero-order valence-electron chi connectivity index (χ0n) is 44.5. The van der Waals surface area contributed by atoms with Crippen molar-refractivity contribution in [1.82, 2.24) is 0 Å². The maximum absolute atomic E-state index is 11.5. The summed E-state index contributed by atoms with van der Waals surface area (Å²) in [5.74, 6) is 1.45. The second-order valence-corrected chi connectivity index (χ2v) is 22.4. The van der Waals surface area contributed by atoms with Crippen molar-refractivity contribution in [2.24, 2.45) is 0 Å². The van der Waals surface area contributed by atoms with Gasteiger partial charge in [-0.3, -0.25) is 9.59 Å². The molecule has 0 N–H and O–H groups in total. The average Bonchev–Trinajstić information content (AvgIpc) is 3.30. The third-order valence-electron chi connectivity index (χ3n) is 14.1. The number of hydrogen-bond donors (Lipinski definition) is 0. The zero-order valence-corrected chi connectivity index (χ0v) is 44.5. The largest absolute Gasteiger partial charge is 0.493 e. The molecule has 0 aliphatic heterocycles. The predicted molar refractivity (Wildman–Crippen MR) is 287 cm³/mol. The molecule has 2 aromatic rings. The van der Waals surface area contributed by atoms with Crippen molar-refractivity contribution >= 4 is 12.6 Å². The molecular weight excluding hydrogens is 809 g/mol. The van der Waals surface area contributed by atoms with E-state index < -0.39 is 0 Å². The third kappa shape index (κ3) is 31.4. The van der Waals surface area contributed by atoms with Gasteiger partial charge in [-0.25, -0.2) is 0 Å². The molecule has 4 nitrogen and oxygen atoms in total. The topological polar surface area (TPSA) is 52.6 Å². The number of benzene rings is 2. The van der Waals surface area contributed by atoms with Crippen LogP contribution >= 0.6 is 0 Å². The first-order valence-corrected chi connectivity index (χ1v) is 28.5. The minimum absolute atomic E-state index is 0.0361. The molecule has 0 unspecified atom stereocenters. The first-order valence-electron chi connectivity index (χ1n) is 28.5. The van der Waals surface area contributed by atoms with E-state index in [9.17, 15) is 9.59 Å². The van der Waals surface area contributed by atoms with E-state index in [2.05, 4.69) is 53.7 Å². The number of ether oxygens (including phenoxy) is 2. The molecule has 0 aliphatic carbocycles. The fraction of sp³-hybridized carbons (Fsp3) is 0.774. The van der Waals surface area contributed by atoms with Crippen LogP contribution in [0.15, 0.2) is 36.4 Å². The van der Waals surface area contributed by atoms with E-state index in [0.29, 0.717) is 24.3 Å². The maximum Gasteiger partial charge on any atom is 0.153 e. The lowest BCUT2D eigenvalue weighted by Crippen LogP contribution is -2.12. The van der Waals surface area contributed by atoms with Gasteiger partial charge in [0.2, 0.25) is 0 Å². The van der Waals surface area contributed by atoms with Crippen molar-refractivity contribution in [3.63, 3.8) is 0 Å². The summed E-state index contributed by atoms with van der Waals surface area (Å²) < 4.78 is 11.9. The molecule has 2 aromatic carbocycles. The summed E-state index contributed by atoms with van der Waals surface area (Å²) >= 11 is 0. The molecule has 0 aliphatic rings. The Morgan fingerprint density at radius 1 is 0.303 bits per heavy atom. The van der Waals surface area contributed by atoms with Gasteiger partial charge in [-0.1, -0.05) is 285 Å². The van der Waals surface area contributed by atoms with Crippen LogP contribution in [0.1, 0.15) is 317 Å². The number of hydrogen-bond acceptors (Lipinski definition) is 4. The Hall–Kier alpha value is -2.62. The van der Waals surface area contributed by atoms with Gasteiger partial charge in [0, 0.05) is 0 Å². The normalized spacial score (nSPS) is 11.9. The van der Waals surface area contributed by atoms with Gasteiger partial charge in [0.25, 0.3) is 0 Å². The first kappa shape index (κ1) is 59.5. The number of carbonyl (C=O) groups excluding carboxylic acids is 2. The number of unbranched alkanes of at least 4 members (excludes halogenated alkanes) is 37. The molecule has 0 aromatic heterocycles. The summed E-state index contributed by atoms with van der Waals surface area (Å²) in [5, 5.41) is 0. The fourth-order valence-corrected chi connectivity index (χ4v) is 9.41. The van der Waals surface area contributed by atoms with Gasteiger partial charge in [-0.05, 0) is 59.1 Å². The van der Waals surface area contributed by atoms with Crippen LogP contribution in [0.4, 0.5) is 0 Å². The molecule has 0 amide bonds. The van der Waals surface area contributed by atoms with E-state index in [1.807, 2.05) is 24.3 Å². The number of rotatable bonds is 45. The minimum Gasteiger partial charge on any atom is -0.493 e. The lowest BCUT2D eigenvalue weighted by Gasteiger charge is -2.20. The van der Waals surface area contributed by atoms with E-state index in [0.717, 1.165) is 36.9 Å². The Bertz CT molecular complexity index is 1340. The molecule has 0 saturated heterocycles. The lowest BCUT2D eigenvalue weighted by atomic mass is 9.86. The minimum atomic E-state index is 0.0361. The summed E-state index contributed by atoms with van der Waals surface area (Å²) in [5.41, 5.74) is 3.76. The lowest BCUT2D eigenvalue weighted by molar-refractivity contribution is 0.111. The highest BCUT2D eigenvalue weighted by molar-refractivity contribution is 5.80. The molecule has 2 rings (SSSR count). The first-order chi connectivity index (χ1) is 32.1. The van der Waals surface area contributed by atoms with Crippen LogP contribution in [0.25, 0.3) is 0 Å². The maximum atomic E-state index is 11.5. The van der Waals surface area contributed by atoms with Gasteiger partial charge >= 0.3 is 0 Å². The molecule has 0 radical (unpaired) electrons. The van der Waals surface area contributed by atoms with Gasteiger partial charge in [-0.2, -0.15) is 0 Å². The Morgan fingerprint density at radius 3 is 0.652 bits per heavy atom. The van der Waals surface area contributed by atoms with Gasteiger partial charge in [0.1, 0.15) is 11.5 Å². The van der Waals surface area contributed by atoms with Gasteiger partial charge in [-0.15, -0.1) is 0 Å². The van der Waals surface area contributed by atoms with E-state index in [-0.39, 0.29) is 10.8 Å². The molecule has 66 heavy (non-hydrogen) atoms. The van der Waals surface area contributed by atoms with Crippen molar-refractivity contribution in [2.45, 2.75) is 296 Å². The SMILES string of the molecule is CC(C)(C)c1ccc(OCCCCCCCCCCCCCCCCCCCCCCCCCCCCCCCCCCCCCCCCOc2ccc(C(C)(C)C)cc2C=O)c(C=O)c1. The Balaban J connectivity index is 1.18. The third-order valence-corrected chi connectivity index (χ3v) is 14.1. The second kappa shape index (κ2) is 39.3. The molecule has 378 valence electrons. The molecule has 0 spiro atoms. The fourth-order valence-electron chi connectivity index (χ4n) is 9.41. The van der Waals surface area contributed by atoms with Crippen LogP contribution in [0.5, 0.6) is 11.5 Å². The van der Waals surface area contributed by atoms with E-state index in [4.69, 9.17) is 9.47 Å². The summed E-state index contributed by atoms with van der Waals surface area (Å²) in [4.78, 5) is 23.1. The van der Waals surface area contributed by atoms with Gasteiger partial charge < -0.3 is 9.47 Å². The zero-order chi connectivity index (χ0) is 47.8. The van der Waals surface area contributed by atoms with Gasteiger partial charge in [0.15, 0.2) is 12.6 Å². The summed E-state index contributed by atoms with van der Waals surface area (Å²) in [6.45, 7) is 14.4. The van der Waals surface area contributed by atoms with Crippen molar-refractivity contribution in [3.05, 3.63) is 58.7 Å². The van der Waals surface area contributed by atoms with E-state index in [1.165, 1.54) is 242 Å². The highest BCUT2D eigenvalue weighted by Gasteiger charge is 2.17. The Morgan fingerprint density at radius 2 is 0.485 bits per heavy atom. The molecule has 0 fully saturated rings. The smallest absolute Gasteiger partial charge is 0.153 e. The van der Waals surface area contributed by atoms with Crippen LogP contribution in [0, 0.1) is 0 Å². The molecule has 0 bridgehead atoms. The van der Waals surface area contributed by atoms with Crippen LogP contribution in [0.2, 0.25) is 0 Å². The molecule has 0 atom stereocenters. The summed E-state index contributed by atoms with van der Waals surface area (Å²) in [7, 11) is 0. The average molecular weight is 916 g/mol. The quantitative estimate of drug-likeness (QED) is 0.0491. The van der Waals surface area contributed by atoms with Crippen LogP contribution in [-0.4, -0.2) is 25.8 Å². The monoisotopic (exact) mass is 915 g/mol. The second-order valence-electron chi connectivity index (χ2n) is 22.4. The summed E-state index contributed by atoms with van der Waals surface area (Å²) in [6, 6.07) is 12.1. The van der Waals surface area contributed by atoms with Crippen molar-refractivity contribution in [3.8, 4) is 11.5 Å². The molecular formula is C62H106O4. The predicted octanol–water partition coefficient (Wildman–Crippen LogP) is 20.2. The van der Waals surface area contributed by atoms with Crippen LogP contribution in [0.3, 0.4) is 0 Å². The molecule has 0 saturated carbocycles. The van der Waals surface area contributed by atoms with Crippen LogP contribution in [-0.2, 0) is 10.8 Å². The van der Waals surface area contributed by atoms with Crippen LogP contribution < -0.4 is 9.47 Å². The summed E-state index contributed by atoms with van der Waals surface area (Å²) in [6.07, 6.45) is 54.8.